The van der Waals surface area contributed by atoms with Gasteiger partial charge in [0.2, 0.25) is 0 Å². The number of benzene rings is 1. The number of alkyl halides is 6. The fourth-order valence-electron chi connectivity index (χ4n) is 2.44. The van der Waals surface area contributed by atoms with E-state index in [9.17, 15) is 40.4 Å². The summed E-state index contributed by atoms with van der Waals surface area (Å²) in [5.41, 5.74) is -10.1. The summed E-state index contributed by atoms with van der Waals surface area (Å²) < 4.78 is 105. The predicted molar refractivity (Wildman–Crippen MR) is 107 cm³/mol. The topological polar surface area (TPSA) is 57.2 Å². The third-order valence-corrected chi connectivity index (χ3v) is 4.82. The Bertz CT molecular complexity index is 1130. The maximum Gasteiger partial charge on any atom is 0.446 e. The lowest BCUT2D eigenvalue weighted by Crippen LogP contribution is -2.13. The molecule has 33 heavy (non-hydrogen) atoms. The van der Waals surface area contributed by atoms with Crippen LogP contribution in [0.1, 0.15) is 11.3 Å². The smallest absolute Gasteiger partial charge is 0.369 e. The van der Waals surface area contributed by atoms with Crippen molar-refractivity contribution in [3.8, 4) is 11.8 Å². The Morgan fingerprint density at radius 3 is 2.09 bits per heavy atom. The van der Waals surface area contributed by atoms with Gasteiger partial charge in [-0.3, -0.25) is 0 Å². The average Bonchev–Trinajstić information content (AvgIpc) is 2.94. The van der Waals surface area contributed by atoms with E-state index >= 15 is 0 Å². The van der Waals surface area contributed by atoms with Gasteiger partial charge < -0.3 is 4.90 Å². The molecule has 1 heterocycles. The van der Waals surface area contributed by atoms with Gasteiger partial charge in [0.15, 0.2) is 11.5 Å². The summed E-state index contributed by atoms with van der Waals surface area (Å²) in [5.74, 6) is -0.902. The number of hydrogen-bond acceptors (Lipinski definition) is 4. The third kappa shape index (κ3) is 6.30. The van der Waals surface area contributed by atoms with Crippen LogP contribution in [0.15, 0.2) is 28.1 Å². The fourth-order valence-corrected chi connectivity index (χ4v) is 3.84. The van der Waals surface area contributed by atoms with Crippen molar-refractivity contribution in [1.29, 1.82) is 5.26 Å². The van der Waals surface area contributed by atoms with E-state index in [4.69, 9.17) is 23.2 Å². The van der Waals surface area contributed by atoms with Crippen LogP contribution in [0.3, 0.4) is 0 Å². The molecule has 2 rings (SSSR count). The van der Waals surface area contributed by atoms with Gasteiger partial charge in [-0.05, 0) is 23.9 Å². The van der Waals surface area contributed by atoms with Gasteiger partial charge in [0.1, 0.15) is 17.3 Å². The summed E-state index contributed by atoms with van der Waals surface area (Å²) in [4.78, 5) is 4.49. The van der Waals surface area contributed by atoms with Crippen LogP contribution in [0.4, 0.5) is 40.9 Å². The molecule has 2 aromatic rings. The highest BCUT2D eigenvalue weighted by Crippen LogP contribution is 2.46. The van der Waals surface area contributed by atoms with Crippen molar-refractivity contribution in [1.82, 2.24) is 14.7 Å². The second-order valence-corrected chi connectivity index (χ2v) is 8.15. The highest BCUT2D eigenvalue weighted by atomic mass is 35.5. The van der Waals surface area contributed by atoms with Crippen LogP contribution in [0.2, 0.25) is 10.0 Å². The zero-order chi connectivity index (χ0) is 25.3. The number of hydrogen-bond donors (Lipinski definition) is 0. The molecule has 0 bridgehead atoms. The van der Waals surface area contributed by atoms with Crippen LogP contribution in [-0.4, -0.2) is 46.8 Å². The lowest BCUT2D eigenvalue weighted by Gasteiger charge is -2.14. The van der Waals surface area contributed by atoms with Crippen LogP contribution >= 0.6 is 35.0 Å². The number of allylic oxidation sites excluding steroid dienone is 1. The van der Waals surface area contributed by atoms with Crippen molar-refractivity contribution in [2.24, 2.45) is 4.99 Å². The van der Waals surface area contributed by atoms with Gasteiger partial charge in [-0.2, -0.15) is 45.5 Å². The van der Waals surface area contributed by atoms with Crippen LogP contribution < -0.4 is 0 Å². The van der Waals surface area contributed by atoms with Crippen molar-refractivity contribution in [3.63, 3.8) is 0 Å². The van der Waals surface area contributed by atoms with E-state index < -0.39 is 72.8 Å². The molecule has 0 atom stereocenters. The monoisotopic (exact) mass is 537 g/mol. The molecular weight excluding hydrogens is 529 g/mol. The lowest BCUT2D eigenvalue weighted by atomic mass is 10.1. The zero-order valence-corrected chi connectivity index (χ0v) is 18.5. The van der Waals surface area contributed by atoms with Crippen molar-refractivity contribution in [2.75, 3.05) is 14.1 Å². The minimum atomic E-state index is -5.61. The first-order valence-electron chi connectivity index (χ1n) is 8.18. The molecule has 178 valence electrons. The van der Waals surface area contributed by atoms with E-state index in [1.165, 1.54) is 25.1 Å². The second-order valence-electron chi connectivity index (χ2n) is 6.20. The summed E-state index contributed by atoms with van der Waals surface area (Å²) >= 11 is 11.5. The first kappa shape index (κ1) is 26.7. The van der Waals surface area contributed by atoms with Crippen molar-refractivity contribution in [2.45, 2.75) is 16.6 Å². The van der Waals surface area contributed by atoms with E-state index in [2.05, 4.69) is 10.1 Å². The minimum Gasteiger partial charge on any atom is -0.369 e. The molecule has 0 fully saturated rings. The van der Waals surface area contributed by atoms with Crippen molar-refractivity contribution < 1.29 is 35.1 Å². The normalized spacial score (nSPS) is 12.2. The van der Waals surface area contributed by atoms with Crippen molar-refractivity contribution >= 4 is 52.7 Å². The van der Waals surface area contributed by atoms with E-state index in [-0.39, 0.29) is 0 Å². The van der Waals surface area contributed by atoms with E-state index in [1.807, 2.05) is 0 Å². The number of nitrogens with zero attached hydrogens (tertiary/aromatic N) is 5. The first-order valence-corrected chi connectivity index (χ1v) is 9.75. The first-order chi connectivity index (χ1) is 15.1. The van der Waals surface area contributed by atoms with Gasteiger partial charge in [0.25, 0.3) is 6.08 Å². The summed E-state index contributed by atoms with van der Waals surface area (Å²) in [6.45, 7) is 0. The van der Waals surface area contributed by atoms with E-state index in [0.29, 0.717) is 4.68 Å². The Morgan fingerprint density at radius 2 is 1.70 bits per heavy atom. The molecule has 1 aromatic heterocycles. The molecule has 5 nitrogen and oxygen atoms in total. The zero-order valence-electron chi connectivity index (χ0n) is 16.2. The molecule has 0 aliphatic carbocycles. The van der Waals surface area contributed by atoms with Gasteiger partial charge in [-0.15, -0.1) is 0 Å². The van der Waals surface area contributed by atoms with Gasteiger partial charge >= 0.3 is 11.7 Å². The van der Waals surface area contributed by atoms with Crippen LogP contribution in [0, 0.1) is 11.3 Å². The Kier molecular flexibility index (Phi) is 7.93. The number of thioether (sulfide) groups is 1. The highest BCUT2D eigenvalue weighted by molar-refractivity contribution is 8.00. The molecule has 0 amide bonds. The maximum atomic E-state index is 13.4. The molecule has 0 N–H and O–H groups in total. The summed E-state index contributed by atoms with van der Waals surface area (Å²) in [5, 5.41) is 11.8. The number of nitriles is 1. The highest BCUT2D eigenvalue weighted by Gasteiger charge is 2.44. The Hall–Kier alpha value is -2.50. The van der Waals surface area contributed by atoms with Crippen LogP contribution in [-0.2, 0) is 0 Å². The quantitative estimate of drug-likeness (QED) is 0.177. The maximum absolute atomic E-state index is 13.4. The Labute approximate surface area is 194 Å². The molecule has 0 aliphatic rings. The van der Waals surface area contributed by atoms with Gasteiger partial charge in [0, 0.05) is 19.0 Å². The SMILES string of the molecule is CN(C)C=Nc1c(C(=C(F)F)C(F)(F)F)c(C#N)nn1-c1c(Cl)cc(SC(F)(F)F)cc1Cl. The largest absolute Gasteiger partial charge is 0.446 e. The molecule has 0 unspecified atom stereocenters. The molecular formula is C17H9Cl2F8N5S. The number of aliphatic imine (C=N–C) groups is 1. The molecule has 1 aromatic carbocycles. The molecule has 16 heteroatoms. The van der Waals surface area contributed by atoms with Gasteiger partial charge in [-0.1, -0.05) is 23.2 Å². The van der Waals surface area contributed by atoms with E-state index in [0.717, 1.165) is 18.5 Å². The molecule has 0 saturated carbocycles. The van der Waals surface area contributed by atoms with Crippen molar-refractivity contribution in [3.05, 3.63) is 39.5 Å². The summed E-state index contributed by atoms with van der Waals surface area (Å²) in [6, 6.07) is 2.87. The van der Waals surface area contributed by atoms with E-state index in [1.54, 1.807) is 0 Å². The lowest BCUT2D eigenvalue weighted by molar-refractivity contribution is -0.0711. The van der Waals surface area contributed by atoms with Gasteiger partial charge in [-0.25, -0.2) is 9.67 Å². The third-order valence-electron chi connectivity index (χ3n) is 3.54. The molecule has 0 spiro atoms. The number of aromatic nitrogens is 2. The predicted octanol–water partition coefficient (Wildman–Crippen LogP) is 7.05. The summed E-state index contributed by atoms with van der Waals surface area (Å²) in [7, 11) is 2.82. The molecule has 0 saturated heterocycles. The second kappa shape index (κ2) is 9.78. The Balaban J connectivity index is 2.93. The molecule has 0 radical (unpaired) electrons. The van der Waals surface area contributed by atoms with Crippen LogP contribution in [0.5, 0.6) is 0 Å². The average molecular weight is 538 g/mol. The Morgan fingerprint density at radius 1 is 1.15 bits per heavy atom. The fraction of sp³-hybridized carbons (Fsp3) is 0.235. The number of halogens is 10. The van der Waals surface area contributed by atoms with Gasteiger partial charge in [0.05, 0.1) is 21.9 Å². The minimum absolute atomic E-state index is 0.460. The summed E-state index contributed by atoms with van der Waals surface area (Å²) in [6.07, 6.45) is -7.84. The van der Waals surface area contributed by atoms with Crippen LogP contribution in [0.25, 0.3) is 11.3 Å². The molecule has 0 aliphatic heterocycles. The number of rotatable bonds is 5. The standard InChI is InChI=1S/C17H9Cl2F8N5S/c1-31(2)6-29-15-11(12(14(20)21)16(22,23)24)10(5-28)30-32(15)13-8(18)3-7(4-9(13)19)33-17(25,26)27/h3-4,6H,1-2H3.